The van der Waals surface area contributed by atoms with E-state index in [1.165, 1.54) is 47.4 Å². The molecule has 2 aliphatic rings. The van der Waals surface area contributed by atoms with Crippen molar-refractivity contribution in [3.8, 4) is 11.8 Å². The number of urea groups is 1. The number of aromatic nitrogens is 2. The highest BCUT2D eigenvalue weighted by molar-refractivity contribution is 8.09. The number of thioether (sulfide) groups is 1. The average molecular weight is 530 g/mol. The van der Waals surface area contributed by atoms with Crippen molar-refractivity contribution in [2.75, 3.05) is 18.6 Å². The largest absolute Gasteiger partial charge is 0.494 e. The number of ether oxygens (including phenoxy) is 1. The maximum absolute atomic E-state index is 14.1. The van der Waals surface area contributed by atoms with Crippen LogP contribution in [0.15, 0.2) is 30.6 Å². The van der Waals surface area contributed by atoms with Crippen molar-refractivity contribution in [1.29, 1.82) is 5.26 Å². The van der Waals surface area contributed by atoms with Gasteiger partial charge in [-0.15, -0.1) is 23.1 Å². The van der Waals surface area contributed by atoms with Crippen LogP contribution in [0.5, 0.6) is 5.75 Å². The third kappa shape index (κ3) is 3.91. The number of aryl methyl sites for hydroxylation is 1. The first-order chi connectivity index (χ1) is 16.8. The van der Waals surface area contributed by atoms with Crippen LogP contribution >= 0.6 is 34.7 Å². The second kappa shape index (κ2) is 9.11. The molecule has 0 aliphatic carbocycles. The van der Waals surface area contributed by atoms with E-state index in [1.807, 2.05) is 6.92 Å². The Hall–Kier alpha value is -3.20. The number of carbonyl (C=O) groups excluding carboxylic acids is 2. The molecule has 8 nitrogen and oxygen atoms in total. The number of benzene rings is 1. The molecule has 5 rings (SSSR count). The van der Waals surface area contributed by atoms with Crippen LogP contribution in [0, 0.1) is 24.1 Å². The first-order valence-electron chi connectivity index (χ1n) is 10.5. The highest BCUT2D eigenvalue weighted by atomic mass is 35.5. The number of anilines is 1. The third-order valence-corrected chi connectivity index (χ3v) is 8.41. The van der Waals surface area contributed by atoms with Gasteiger partial charge >= 0.3 is 6.03 Å². The second-order valence-electron chi connectivity index (χ2n) is 7.82. The molecule has 12 heteroatoms. The zero-order chi connectivity index (χ0) is 24.9. The number of thiazole rings is 1. The van der Waals surface area contributed by atoms with E-state index in [0.717, 1.165) is 16.0 Å². The van der Waals surface area contributed by atoms with E-state index in [2.05, 4.69) is 16.0 Å². The molecule has 0 radical (unpaired) electrons. The molecule has 1 saturated heterocycles. The van der Waals surface area contributed by atoms with Crippen molar-refractivity contribution < 1.29 is 18.7 Å². The van der Waals surface area contributed by atoms with Crippen LogP contribution in [0.2, 0.25) is 5.02 Å². The molecular formula is C23H17ClFN5O3S2. The minimum Gasteiger partial charge on any atom is -0.494 e. The van der Waals surface area contributed by atoms with Gasteiger partial charge < -0.3 is 9.64 Å². The molecule has 0 N–H and O–H groups in total. The number of amides is 3. The van der Waals surface area contributed by atoms with Crippen LogP contribution in [-0.4, -0.2) is 51.8 Å². The predicted molar refractivity (Wildman–Crippen MR) is 133 cm³/mol. The van der Waals surface area contributed by atoms with E-state index in [9.17, 15) is 19.2 Å². The number of nitrogens with zero attached hydrogens (tertiary/aromatic N) is 5. The van der Waals surface area contributed by atoms with Crippen molar-refractivity contribution >= 4 is 67.4 Å². The lowest BCUT2D eigenvalue weighted by atomic mass is 10.0. The Morgan fingerprint density at radius 3 is 2.86 bits per heavy atom. The summed E-state index contributed by atoms with van der Waals surface area (Å²) in [6.45, 7) is 1.98. The monoisotopic (exact) mass is 529 g/mol. The molecule has 1 fully saturated rings. The van der Waals surface area contributed by atoms with Gasteiger partial charge in [-0.3, -0.25) is 9.78 Å². The number of halogens is 2. The summed E-state index contributed by atoms with van der Waals surface area (Å²) in [5.74, 6) is -0.991. The van der Waals surface area contributed by atoms with E-state index in [-0.39, 0.29) is 23.7 Å². The van der Waals surface area contributed by atoms with Gasteiger partial charge in [0.05, 0.1) is 58.5 Å². The Morgan fingerprint density at radius 1 is 1.31 bits per heavy atom. The first-order valence-corrected chi connectivity index (χ1v) is 12.6. The minimum atomic E-state index is -0.683. The Bertz CT molecular complexity index is 1450. The number of hydrogen-bond donors (Lipinski definition) is 0. The topological polar surface area (TPSA) is 99.4 Å². The molecule has 2 aromatic heterocycles. The van der Waals surface area contributed by atoms with E-state index in [4.69, 9.17) is 16.3 Å². The van der Waals surface area contributed by atoms with E-state index in [1.54, 1.807) is 12.3 Å². The third-order valence-electron chi connectivity index (χ3n) is 5.75. The van der Waals surface area contributed by atoms with Gasteiger partial charge in [0.1, 0.15) is 10.8 Å². The number of pyridine rings is 1. The van der Waals surface area contributed by atoms with Crippen molar-refractivity contribution in [1.82, 2.24) is 14.9 Å². The van der Waals surface area contributed by atoms with Crippen LogP contribution in [0.4, 0.5) is 14.9 Å². The van der Waals surface area contributed by atoms with Gasteiger partial charge in [-0.2, -0.15) is 5.26 Å². The van der Waals surface area contributed by atoms with Crippen molar-refractivity contribution in [2.45, 2.75) is 24.6 Å². The number of methoxy groups -OCH3 is 1. The van der Waals surface area contributed by atoms with E-state index >= 15 is 0 Å². The molecule has 0 bridgehead atoms. The standard InChI is InChI=1S/C23H17ClFN5O3S2/c1-11-28-15-9-27-10-17(20(15)34-11)30-22(31)21-16(29(23(30)32)5-3-4-26)8-19(35-21)12-6-18(33-2)14(25)7-13(12)24/h6-10,16,21H,3,5H2,1-2H3. The van der Waals surface area contributed by atoms with Crippen LogP contribution in [0.25, 0.3) is 15.1 Å². The lowest BCUT2D eigenvalue weighted by molar-refractivity contribution is -0.119. The first kappa shape index (κ1) is 23.5. The lowest BCUT2D eigenvalue weighted by Crippen LogP contribution is -2.62. The number of rotatable bonds is 5. The molecule has 2 aliphatic heterocycles. The molecule has 178 valence electrons. The number of nitriles is 1. The van der Waals surface area contributed by atoms with Gasteiger partial charge in [0.15, 0.2) is 11.6 Å². The van der Waals surface area contributed by atoms with Crippen LogP contribution in [0.3, 0.4) is 0 Å². The predicted octanol–water partition coefficient (Wildman–Crippen LogP) is 5.01. The van der Waals surface area contributed by atoms with Gasteiger partial charge in [0.2, 0.25) is 0 Å². The molecule has 3 aromatic rings. The van der Waals surface area contributed by atoms with E-state index in [0.29, 0.717) is 26.4 Å². The zero-order valence-corrected chi connectivity index (χ0v) is 20.9. The molecule has 1 aromatic carbocycles. The number of imide groups is 1. The summed E-state index contributed by atoms with van der Waals surface area (Å²) in [4.78, 5) is 39.2. The zero-order valence-electron chi connectivity index (χ0n) is 18.5. The normalized spacial score (nSPS) is 19.7. The molecule has 0 spiro atoms. The maximum atomic E-state index is 14.1. The summed E-state index contributed by atoms with van der Waals surface area (Å²) in [6.07, 6.45) is 4.94. The molecule has 4 heterocycles. The number of carbonyl (C=O) groups is 2. The molecule has 2 atom stereocenters. The Labute approximate surface area is 213 Å². The summed E-state index contributed by atoms with van der Waals surface area (Å²) >= 11 is 8.94. The van der Waals surface area contributed by atoms with Gasteiger partial charge in [-0.1, -0.05) is 11.6 Å². The fraction of sp³-hybridized carbons (Fsp3) is 0.261. The molecule has 0 saturated carbocycles. The smallest absolute Gasteiger partial charge is 0.332 e. The Kier molecular flexibility index (Phi) is 6.13. The highest BCUT2D eigenvalue weighted by Crippen LogP contribution is 2.48. The van der Waals surface area contributed by atoms with Gasteiger partial charge in [-0.05, 0) is 25.1 Å². The average Bonchev–Trinajstić information content (AvgIpc) is 3.43. The van der Waals surface area contributed by atoms with Gasteiger partial charge in [0.25, 0.3) is 5.91 Å². The number of fused-ring (bicyclic) bond motifs is 2. The lowest BCUT2D eigenvalue weighted by Gasteiger charge is -2.40. The summed E-state index contributed by atoms with van der Waals surface area (Å²) in [6, 6.07) is 3.56. The maximum Gasteiger partial charge on any atom is 0.332 e. The quantitative estimate of drug-likeness (QED) is 0.458. The minimum absolute atomic E-state index is 0.0180. The Morgan fingerprint density at radius 2 is 2.11 bits per heavy atom. The summed E-state index contributed by atoms with van der Waals surface area (Å²) in [5, 5.41) is 9.44. The fourth-order valence-corrected chi connectivity index (χ4v) is 6.75. The van der Waals surface area contributed by atoms with Gasteiger partial charge in [-0.25, -0.2) is 19.1 Å². The fourth-order valence-electron chi connectivity index (χ4n) is 4.19. The second-order valence-corrected chi connectivity index (χ2v) is 10.6. The van der Waals surface area contributed by atoms with Crippen LogP contribution < -0.4 is 9.64 Å². The van der Waals surface area contributed by atoms with E-state index < -0.39 is 29.0 Å². The van der Waals surface area contributed by atoms with Crippen molar-refractivity contribution in [3.05, 3.63) is 52.0 Å². The summed E-state index contributed by atoms with van der Waals surface area (Å²) in [5.41, 5.74) is 1.46. The van der Waals surface area contributed by atoms with Crippen LogP contribution in [-0.2, 0) is 4.79 Å². The summed E-state index contributed by atoms with van der Waals surface area (Å²) < 4.78 is 19.9. The van der Waals surface area contributed by atoms with Gasteiger partial charge in [0, 0.05) is 17.0 Å². The molecular weight excluding hydrogens is 513 g/mol. The molecule has 2 unspecified atom stereocenters. The SMILES string of the molecule is COc1cc(C2=CC3C(S2)C(=O)N(c2cncc4nc(C)sc24)C(=O)N3CCC#N)c(Cl)cc1F. The molecule has 35 heavy (non-hydrogen) atoms. The van der Waals surface area contributed by atoms with Crippen LogP contribution in [0.1, 0.15) is 17.0 Å². The Balaban J connectivity index is 1.58. The number of hydrogen-bond acceptors (Lipinski definition) is 8. The molecule has 3 amide bonds. The van der Waals surface area contributed by atoms with Crippen molar-refractivity contribution in [2.24, 2.45) is 0 Å². The van der Waals surface area contributed by atoms with Crippen molar-refractivity contribution in [3.63, 3.8) is 0 Å². The summed E-state index contributed by atoms with van der Waals surface area (Å²) in [7, 11) is 1.35. The highest BCUT2D eigenvalue weighted by Gasteiger charge is 2.50.